The Morgan fingerprint density at radius 3 is 2.46 bits per heavy atom. The highest BCUT2D eigenvalue weighted by Crippen LogP contribution is 2.29. The maximum absolute atomic E-state index is 12.8. The molecule has 2 heterocycles. The maximum Gasteiger partial charge on any atom is 0.416 e. The fourth-order valence-corrected chi connectivity index (χ4v) is 2.33. The van der Waals surface area contributed by atoms with Gasteiger partial charge in [0.25, 0.3) is 0 Å². The number of nitrogens with one attached hydrogen (secondary N) is 1. The van der Waals surface area contributed by atoms with E-state index in [9.17, 15) is 13.2 Å². The molecule has 0 aliphatic rings. The fourth-order valence-electron chi connectivity index (χ4n) is 2.33. The van der Waals surface area contributed by atoms with Gasteiger partial charge in [0.2, 0.25) is 11.8 Å². The van der Waals surface area contributed by atoms with E-state index in [1.807, 2.05) is 0 Å². The van der Waals surface area contributed by atoms with Crippen molar-refractivity contribution in [3.8, 4) is 23.3 Å². The Labute approximate surface area is 158 Å². The van der Waals surface area contributed by atoms with Gasteiger partial charge in [0.05, 0.1) is 19.8 Å². The van der Waals surface area contributed by atoms with Crippen molar-refractivity contribution in [2.24, 2.45) is 0 Å². The van der Waals surface area contributed by atoms with Crippen LogP contribution in [-0.2, 0) is 12.7 Å². The van der Waals surface area contributed by atoms with Crippen LogP contribution in [0.2, 0.25) is 0 Å². The molecule has 0 spiro atoms. The van der Waals surface area contributed by atoms with Crippen LogP contribution in [0, 0.1) is 0 Å². The van der Waals surface area contributed by atoms with Crippen molar-refractivity contribution in [1.29, 1.82) is 0 Å². The molecule has 0 radical (unpaired) electrons. The van der Waals surface area contributed by atoms with Crippen molar-refractivity contribution < 1.29 is 22.6 Å². The lowest BCUT2D eigenvalue weighted by Gasteiger charge is -2.11. The highest BCUT2D eigenvalue weighted by Gasteiger charge is 2.30. The first-order valence-electron chi connectivity index (χ1n) is 8.09. The Balaban J connectivity index is 1.82. The Morgan fingerprint density at radius 1 is 1.00 bits per heavy atom. The lowest BCUT2D eigenvalue weighted by atomic mass is 10.1. The molecule has 0 unspecified atom stereocenters. The molecular weight excluding hydrogens is 375 g/mol. The number of rotatable bonds is 6. The molecule has 1 aromatic carbocycles. The van der Waals surface area contributed by atoms with Gasteiger partial charge in [0.1, 0.15) is 0 Å². The second-order valence-electron chi connectivity index (χ2n) is 5.61. The van der Waals surface area contributed by atoms with Crippen LogP contribution in [0.4, 0.5) is 19.1 Å². The maximum atomic E-state index is 12.8. The zero-order chi connectivity index (χ0) is 20.1. The Hall–Kier alpha value is -3.43. The molecule has 7 nitrogen and oxygen atoms in total. The second-order valence-corrected chi connectivity index (χ2v) is 5.61. The highest BCUT2D eigenvalue weighted by atomic mass is 19.4. The van der Waals surface area contributed by atoms with Gasteiger partial charge in [-0.25, -0.2) is 4.98 Å². The molecule has 0 fully saturated rings. The van der Waals surface area contributed by atoms with Gasteiger partial charge in [-0.2, -0.15) is 28.1 Å². The molecule has 146 valence electrons. The van der Waals surface area contributed by atoms with Crippen LogP contribution in [0.5, 0.6) is 11.9 Å². The number of benzene rings is 1. The SMILES string of the molecule is COc1ccc(-c2nc(NCc3cccc(C(F)(F)F)c3)nc(OC)n2)cn1. The summed E-state index contributed by atoms with van der Waals surface area (Å²) in [5.41, 5.74) is 0.315. The van der Waals surface area contributed by atoms with E-state index >= 15 is 0 Å². The van der Waals surface area contributed by atoms with Crippen molar-refractivity contribution in [2.45, 2.75) is 12.7 Å². The summed E-state index contributed by atoms with van der Waals surface area (Å²) in [6, 6.07) is 8.45. The monoisotopic (exact) mass is 391 g/mol. The minimum Gasteiger partial charge on any atom is -0.481 e. The molecule has 0 saturated heterocycles. The summed E-state index contributed by atoms with van der Waals surface area (Å²) in [6.45, 7) is 0.0946. The normalized spacial score (nSPS) is 11.2. The lowest BCUT2D eigenvalue weighted by Crippen LogP contribution is -2.09. The summed E-state index contributed by atoms with van der Waals surface area (Å²) in [5, 5.41) is 2.89. The fraction of sp³-hybridized carbons (Fsp3) is 0.222. The van der Waals surface area contributed by atoms with E-state index in [4.69, 9.17) is 9.47 Å². The smallest absolute Gasteiger partial charge is 0.416 e. The number of halogens is 3. The van der Waals surface area contributed by atoms with E-state index < -0.39 is 11.7 Å². The molecule has 0 bridgehead atoms. The molecule has 0 aliphatic carbocycles. The molecule has 0 atom stereocenters. The molecule has 10 heteroatoms. The first-order valence-corrected chi connectivity index (χ1v) is 8.09. The Morgan fingerprint density at radius 2 is 1.82 bits per heavy atom. The number of ether oxygens (including phenoxy) is 2. The van der Waals surface area contributed by atoms with E-state index in [1.165, 1.54) is 26.5 Å². The third kappa shape index (κ3) is 4.64. The summed E-state index contributed by atoms with van der Waals surface area (Å²) >= 11 is 0. The van der Waals surface area contributed by atoms with Gasteiger partial charge in [-0.05, 0) is 23.8 Å². The van der Waals surface area contributed by atoms with Crippen molar-refractivity contribution in [3.63, 3.8) is 0 Å². The minimum atomic E-state index is -4.40. The zero-order valence-electron chi connectivity index (χ0n) is 15.0. The standard InChI is InChI=1S/C18H16F3N5O2/c1-27-14-7-6-12(10-22-14)15-24-16(26-17(25-15)28-2)23-9-11-4-3-5-13(8-11)18(19,20)21/h3-8,10H,9H2,1-2H3,(H,23,24,25,26). The van der Waals surface area contributed by atoms with Crippen molar-refractivity contribution in [1.82, 2.24) is 19.9 Å². The molecule has 0 saturated carbocycles. The summed E-state index contributed by atoms with van der Waals surface area (Å²) in [7, 11) is 2.91. The van der Waals surface area contributed by atoms with Crippen molar-refractivity contribution in [3.05, 3.63) is 53.7 Å². The number of nitrogens with zero attached hydrogens (tertiary/aromatic N) is 4. The van der Waals surface area contributed by atoms with Crippen LogP contribution in [0.3, 0.4) is 0 Å². The van der Waals surface area contributed by atoms with Crippen molar-refractivity contribution in [2.75, 3.05) is 19.5 Å². The van der Waals surface area contributed by atoms with E-state index in [1.54, 1.807) is 18.2 Å². The number of aromatic nitrogens is 4. The largest absolute Gasteiger partial charge is 0.481 e. The summed E-state index contributed by atoms with van der Waals surface area (Å²) < 4.78 is 48.6. The van der Waals surface area contributed by atoms with E-state index in [2.05, 4.69) is 25.3 Å². The second kappa shape index (κ2) is 8.07. The van der Waals surface area contributed by atoms with Gasteiger partial charge >= 0.3 is 12.2 Å². The first kappa shape index (κ1) is 19.3. The molecule has 1 N–H and O–H groups in total. The number of hydrogen-bond donors (Lipinski definition) is 1. The third-order valence-corrected chi connectivity index (χ3v) is 3.71. The molecule has 28 heavy (non-hydrogen) atoms. The van der Waals surface area contributed by atoms with Crippen LogP contribution in [0.25, 0.3) is 11.4 Å². The lowest BCUT2D eigenvalue weighted by molar-refractivity contribution is -0.137. The number of pyridine rings is 1. The molecule has 0 amide bonds. The molecular formula is C18H16F3N5O2. The predicted octanol–water partition coefficient (Wildman–Crippen LogP) is 3.58. The van der Waals surface area contributed by atoms with Gasteiger partial charge in [-0.1, -0.05) is 12.1 Å². The molecule has 3 aromatic rings. The first-order chi connectivity index (χ1) is 13.4. The molecule has 2 aromatic heterocycles. The average molecular weight is 391 g/mol. The summed E-state index contributed by atoms with van der Waals surface area (Å²) in [5.74, 6) is 0.899. The van der Waals surface area contributed by atoms with E-state index in [0.717, 1.165) is 12.1 Å². The number of hydrogen-bond acceptors (Lipinski definition) is 7. The van der Waals surface area contributed by atoms with Crippen LogP contribution in [0.15, 0.2) is 42.6 Å². The van der Waals surface area contributed by atoms with Crippen molar-refractivity contribution >= 4 is 5.95 Å². The number of alkyl halides is 3. The topological polar surface area (TPSA) is 82.0 Å². The zero-order valence-corrected chi connectivity index (χ0v) is 15.0. The van der Waals surface area contributed by atoms with Crippen LogP contribution < -0.4 is 14.8 Å². The van der Waals surface area contributed by atoms with Gasteiger partial charge < -0.3 is 14.8 Å². The Bertz CT molecular complexity index is 949. The van der Waals surface area contributed by atoms with Crippen LogP contribution in [-0.4, -0.2) is 34.2 Å². The Kier molecular flexibility index (Phi) is 5.57. The average Bonchev–Trinajstić information content (AvgIpc) is 2.71. The van der Waals surface area contributed by atoms with Crippen LogP contribution in [0.1, 0.15) is 11.1 Å². The van der Waals surface area contributed by atoms with E-state index in [-0.39, 0.29) is 18.5 Å². The summed E-state index contributed by atoms with van der Waals surface area (Å²) in [6.07, 6.45) is -2.87. The highest BCUT2D eigenvalue weighted by molar-refractivity contribution is 5.55. The van der Waals surface area contributed by atoms with Crippen LogP contribution >= 0.6 is 0 Å². The van der Waals surface area contributed by atoms with Gasteiger partial charge in [0, 0.05) is 24.4 Å². The van der Waals surface area contributed by atoms with Gasteiger partial charge in [-0.3, -0.25) is 0 Å². The predicted molar refractivity (Wildman–Crippen MR) is 94.9 cm³/mol. The van der Waals surface area contributed by atoms with Gasteiger partial charge in [-0.15, -0.1) is 0 Å². The van der Waals surface area contributed by atoms with E-state index in [0.29, 0.717) is 22.8 Å². The molecule has 3 rings (SSSR count). The minimum absolute atomic E-state index is 0.0624. The quantitative estimate of drug-likeness (QED) is 0.688. The third-order valence-electron chi connectivity index (χ3n) is 3.71. The summed E-state index contributed by atoms with van der Waals surface area (Å²) in [4.78, 5) is 16.6. The number of anilines is 1. The molecule has 0 aliphatic heterocycles. The van der Waals surface area contributed by atoms with Gasteiger partial charge in [0.15, 0.2) is 5.82 Å². The number of methoxy groups -OCH3 is 2.